The Morgan fingerprint density at radius 3 is 2.46 bits per heavy atom. The maximum atomic E-state index is 13.0. The number of hydrogen-bond acceptors (Lipinski definition) is 5. The van der Waals surface area contributed by atoms with Crippen molar-refractivity contribution in [2.24, 2.45) is 0 Å². The third-order valence-corrected chi connectivity index (χ3v) is 6.88. The van der Waals surface area contributed by atoms with E-state index >= 15 is 0 Å². The number of nitrogens with one attached hydrogen (secondary N) is 1. The normalized spacial score (nSPS) is 14.5. The van der Waals surface area contributed by atoms with Crippen molar-refractivity contribution in [1.82, 2.24) is 4.98 Å². The molecule has 0 saturated carbocycles. The van der Waals surface area contributed by atoms with Gasteiger partial charge in [-0.3, -0.25) is 9.10 Å². The number of sulfonamides is 1. The largest absolute Gasteiger partial charge is 0.465 e. The van der Waals surface area contributed by atoms with E-state index in [1.54, 1.807) is 38.1 Å². The summed E-state index contributed by atoms with van der Waals surface area (Å²) in [6.45, 7) is 2.94. The van der Waals surface area contributed by atoms with Crippen molar-refractivity contribution in [3.05, 3.63) is 58.9 Å². The van der Waals surface area contributed by atoms with Crippen molar-refractivity contribution in [2.45, 2.75) is 18.7 Å². The zero-order chi connectivity index (χ0) is 20.2. The Labute approximate surface area is 162 Å². The first-order chi connectivity index (χ1) is 13.3. The average Bonchev–Trinajstić information content (AvgIpc) is 3.09. The Bertz CT molecular complexity index is 1250. The van der Waals surface area contributed by atoms with Crippen LogP contribution in [0.1, 0.15) is 32.1 Å². The summed E-state index contributed by atoms with van der Waals surface area (Å²) in [5.41, 5.74) is 1.93. The van der Waals surface area contributed by atoms with Gasteiger partial charge in [-0.15, -0.1) is 0 Å². The van der Waals surface area contributed by atoms with Crippen LogP contribution in [0, 0.1) is 13.8 Å². The summed E-state index contributed by atoms with van der Waals surface area (Å²) >= 11 is 0. The van der Waals surface area contributed by atoms with Gasteiger partial charge in [-0.2, -0.15) is 0 Å². The topological polar surface area (TPSA) is 96.5 Å². The fourth-order valence-corrected chi connectivity index (χ4v) is 5.44. The fraction of sp³-hybridized carbons (Fsp3) is 0.200. The van der Waals surface area contributed by atoms with E-state index in [2.05, 4.69) is 4.98 Å². The molecule has 1 aromatic heterocycles. The van der Waals surface area contributed by atoms with Gasteiger partial charge in [0.2, 0.25) is 0 Å². The summed E-state index contributed by atoms with van der Waals surface area (Å²) < 4.78 is 32.0. The van der Waals surface area contributed by atoms with Gasteiger partial charge in [0.15, 0.2) is 5.78 Å². The molecule has 0 radical (unpaired) electrons. The Hall–Kier alpha value is -3.13. The highest BCUT2D eigenvalue weighted by atomic mass is 32.2. The zero-order valence-electron chi connectivity index (χ0n) is 15.6. The standard InChI is InChI=1S/C20H18N2O5S/c1-11-17(20(24)27-3)12(2)21-19(11)15(23)10-22-14-8-4-6-13-7-5-9-16(18(13)14)28(22,25)26/h4-9,21H,10H2,1-3H3. The number of hydrogen-bond donors (Lipinski definition) is 1. The van der Waals surface area contributed by atoms with Crippen LogP contribution in [0.15, 0.2) is 41.3 Å². The predicted octanol–water partition coefficient (Wildman–Crippen LogP) is 2.96. The minimum atomic E-state index is -3.83. The van der Waals surface area contributed by atoms with E-state index in [9.17, 15) is 18.0 Å². The number of H-pyrrole nitrogens is 1. The Morgan fingerprint density at radius 1 is 1.11 bits per heavy atom. The Morgan fingerprint density at radius 2 is 1.79 bits per heavy atom. The lowest BCUT2D eigenvalue weighted by Crippen LogP contribution is -2.33. The van der Waals surface area contributed by atoms with Crippen LogP contribution in [-0.4, -0.2) is 38.8 Å². The Balaban J connectivity index is 1.76. The molecule has 28 heavy (non-hydrogen) atoms. The maximum Gasteiger partial charge on any atom is 0.339 e. The molecule has 0 amide bonds. The molecule has 0 spiro atoms. The van der Waals surface area contributed by atoms with Crippen LogP contribution in [0.5, 0.6) is 0 Å². The van der Waals surface area contributed by atoms with Gasteiger partial charge in [-0.1, -0.05) is 24.3 Å². The smallest absolute Gasteiger partial charge is 0.339 e. The second-order valence-corrected chi connectivity index (χ2v) is 8.51. The number of esters is 1. The van der Waals surface area contributed by atoms with Gasteiger partial charge in [-0.25, -0.2) is 13.2 Å². The van der Waals surface area contributed by atoms with E-state index in [1.165, 1.54) is 7.11 Å². The van der Waals surface area contributed by atoms with Crippen LogP contribution in [0.2, 0.25) is 0 Å². The number of aryl methyl sites for hydroxylation is 1. The van der Waals surface area contributed by atoms with Crippen molar-refractivity contribution >= 4 is 38.2 Å². The number of nitrogens with zero attached hydrogens (tertiary/aromatic N) is 1. The first kappa shape index (κ1) is 18.2. The van der Waals surface area contributed by atoms with Crippen molar-refractivity contribution in [3.8, 4) is 0 Å². The van der Waals surface area contributed by atoms with E-state index in [1.807, 2.05) is 12.1 Å². The summed E-state index contributed by atoms with van der Waals surface area (Å²) in [6, 6.07) is 10.4. The molecular weight excluding hydrogens is 380 g/mol. The van der Waals surface area contributed by atoms with E-state index in [4.69, 9.17) is 4.74 Å². The number of rotatable bonds is 4. The molecule has 144 valence electrons. The van der Waals surface area contributed by atoms with Gasteiger partial charge >= 0.3 is 5.97 Å². The number of ketones is 1. The molecule has 0 atom stereocenters. The molecule has 1 aliphatic heterocycles. The number of benzene rings is 2. The molecule has 4 rings (SSSR count). The third-order valence-electron chi connectivity index (χ3n) is 5.07. The van der Waals surface area contributed by atoms with Gasteiger partial charge in [0, 0.05) is 11.1 Å². The first-order valence-electron chi connectivity index (χ1n) is 8.62. The second-order valence-electron chi connectivity index (χ2n) is 6.68. The molecule has 2 heterocycles. The quantitative estimate of drug-likeness (QED) is 0.538. The van der Waals surface area contributed by atoms with Crippen molar-refractivity contribution in [2.75, 3.05) is 18.0 Å². The number of anilines is 1. The highest BCUT2D eigenvalue weighted by Gasteiger charge is 2.37. The molecule has 1 aliphatic rings. The number of aromatic amines is 1. The van der Waals surface area contributed by atoms with Crippen molar-refractivity contribution in [1.29, 1.82) is 0 Å². The molecule has 1 N–H and O–H groups in total. The summed E-state index contributed by atoms with van der Waals surface area (Å²) in [5, 5.41) is 1.42. The van der Waals surface area contributed by atoms with Crippen LogP contribution in [0.3, 0.4) is 0 Å². The maximum absolute atomic E-state index is 13.0. The number of methoxy groups -OCH3 is 1. The van der Waals surface area contributed by atoms with E-state index in [-0.39, 0.29) is 17.1 Å². The minimum Gasteiger partial charge on any atom is -0.465 e. The molecule has 0 bridgehead atoms. The fourth-order valence-electron chi connectivity index (χ4n) is 3.78. The lowest BCUT2D eigenvalue weighted by atomic mass is 10.1. The number of ether oxygens (including phenoxy) is 1. The van der Waals surface area contributed by atoms with Crippen LogP contribution >= 0.6 is 0 Å². The van der Waals surface area contributed by atoms with Gasteiger partial charge < -0.3 is 9.72 Å². The highest BCUT2D eigenvalue weighted by molar-refractivity contribution is 7.93. The van der Waals surface area contributed by atoms with Crippen LogP contribution in [-0.2, 0) is 14.8 Å². The second kappa shape index (κ2) is 6.20. The van der Waals surface area contributed by atoms with Crippen LogP contribution in [0.4, 0.5) is 5.69 Å². The lowest BCUT2D eigenvalue weighted by Gasteiger charge is -2.17. The molecule has 8 heteroatoms. The zero-order valence-corrected chi connectivity index (χ0v) is 16.4. The monoisotopic (exact) mass is 398 g/mol. The third kappa shape index (κ3) is 2.45. The van der Waals surface area contributed by atoms with Gasteiger partial charge in [-0.05, 0) is 36.9 Å². The summed E-state index contributed by atoms with van der Waals surface area (Å²) in [7, 11) is -2.56. The number of aromatic nitrogens is 1. The summed E-state index contributed by atoms with van der Waals surface area (Å²) in [5.74, 6) is -0.972. The Kier molecular flexibility index (Phi) is 4.04. The van der Waals surface area contributed by atoms with E-state index in [0.717, 1.165) is 9.69 Å². The lowest BCUT2D eigenvalue weighted by molar-refractivity contribution is 0.0599. The molecule has 3 aromatic rings. The number of carbonyl (C=O) groups excluding carboxylic acids is 2. The van der Waals surface area contributed by atoms with E-state index in [0.29, 0.717) is 27.9 Å². The molecule has 0 saturated heterocycles. The van der Waals surface area contributed by atoms with Gasteiger partial charge in [0.05, 0.1) is 35.5 Å². The molecule has 0 unspecified atom stereocenters. The first-order valence-corrected chi connectivity index (χ1v) is 10.1. The number of carbonyl (C=O) groups is 2. The van der Waals surface area contributed by atoms with Gasteiger partial charge in [0.1, 0.15) is 0 Å². The highest BCUT2D eigenvalue weighted by Crippen LogP contribution is 2.42. The van der Waals surface area contributed by atoms with E-state index < -0.39 is 21.8 Å². The molecule has 0 aliphatic carbocycles. The molecular formula is C20H18N2O5S. The van der Waals surface area contributed by atoms with Crippen molar-refractivity contribution < 1.29 is 22.7 Å². The molecule has 7 nitrogen and oxygen atoms in total. The summed E-state index contributed by atoms with van der Waals surface area (Å²) in [6.07, 6.45) is 0. The molecule has 0 fully saturated rings. The van der Waals surface area contributed by atoms with Crippen LogP contribution in [0.25, 0.3) is 10.8 Å². The average molecular weight is 398 g/mol. The van der Waals surface area contributed by atoms with Crippen LogP contribution < -0.4 is 4.31 Å². The molecule has 2 aromatic carbocycles. The van der Waals surface area contributed by atoms with Gasteiger partial charge in [0.25, 0.3) is 10.0 Å². The predicted molar refractivity (Wildman–Crippen MR) is 104 cm³/mol. The number of Topliss-reactive ketones (excluding diaryl/α,β-unsaturated/α-hetero) is 1. The van der Waals surface area contributed by atoms with Crippen molar-refractivity contribution in [3.63, 3.8) is 0 Å². The SMILES string of the molecule is COC(=O)c1c(C)[nH]c(C(=O)CN2c3cccc4cccc(c34)S2(=O)=O)c1C. The minimum absolute atomic E-state index is 0.197. The summed E-state index contributed by atoms with van der Waals surface area (Å²) in [4.78, 5) is 28.0.